The van der Waals surface area contributed by atoms with Gasteiger partial charge in [-0.05, 0) is 39.5 Å². The molecule has 2 rings (SSSR count). The molecule has 0 bridgehead atoms. The van der Waals surface area contributed by atoms with E-state index in [1.807, 2.05) is 19.2 Å². The maximum Gasteiger partial charge on any atom is 0.306 e. The molecule has 0 aliphatic heterocycles. The van der Waals surface area contributed by atoms with Crippen LogP contribution < -0.4 is 0 Å². The smallest absolute Gasteiger partial charge is 0.306 e. The van der Waals surface area contributed by atoms with Crippen molar-refractivity contribution in [2.75, 3.05) is 13.7 Å². The van der Waals surface area contributed by atoms with Crippen LogP contribution in [0, 0.1) is 11.8 Å². The van der Waals surface area contributed by atoms with Crippen molar-refractivity contribution in [1.82, 2.24) is 9.88 Å². The Morgan fingerprint density at radius 3 is 2.58 bits per heavy atom. The van der Waals surface area contributed by atoms with Crippen LogP contribution >= 0.6 is 11.3 Å². The second kappa shape index (κ2) is 8.58. The second-order valence-corrected chi connectivity index (χ2v) is 7.25. The van der Waals surface area contributed by atoms with Crippen molar-refractivity contribution in [1.29, 1.82) is 0 Å². The lowest BCUT2D eigenvalue weighted by molar-refractivity contribution is -0.145. The van der Waals surface area contributed by atoms with E-state index in [2.05, 4.69) is 4.98 Å². The van der Waals surface area contributed by atoms with Crippen molar-refractivity contribution in [3.63, 3.8) is 0 Å². The monoisotopic (exact) mass is 354 g/mol. The van der Waals surface area contributed by atoms with Crippen LogP contribution in [0.25, 0.3) is 0 Å². The highest BCUT2D eigenvalue weighted by Crippen LogP contribution is 2.30. The van der Waals surface area contributed by atoms with Gasteiger partial charge in [-0.15, -0.1) is 11.3 Å². The molecular formula is C17H26N2O4S. The maximum atomic E-state index is 12.6. The summed E-state index contributed by atoms with van der Waals surface area (Å²) < 4.78 is 5.54. The summed E-state index contributed by atoms with van der Waals surface area (Å²) >= 11 is 1.55. The van der Waals surface area contributed by atoms with Gasteiger partial charge in [0.1, 0.15) is 11.1 Å². The quantitative estimate of drug-likeness (QED) is 0.814. The zero-order valence-corrected chi connectivity index (χ0v) is 15.3. The number of carbonyl (C=O) groups is 2. The molecule has 1 saturated carbocycles. The van der Waals surface area contributed by atoms with E-state index >= 15 is 0 Å². The summed E-state index contributed by atoms with van der Waals surface area (Å²) in [5.41, 5.74) is 0.872. The molecule has 1 aliphatic rings. The zero-order chi connectivity index (χ0) is 17.7. The molecule has 1 atom stereocenters. The average molecular weight is 354 g/mol. The van der Waals surface area contributed by atoms with E-state index < -0.39 is 5.97 Å². The first kappa shape index (κ1) is 18.9. The summed E-state index contributed by atoms with van der Waals surface area (Å²) in [5.74, 6) is -1.01. The number of amides is 1. The first-order valence-electron chi connectivity index (χ1n) is 8.46. The van der Waals surface area contributed by atoms with E-state index in [4.69, 9.17) is 9.84 Å². The van der Waals surface area contributed by atoms with E-state index in [1.54, 1.807) is 23.3 Å². The predicted octanol–water partition coefficient (Wildman–Crippen LogP) is 3.09. The van der Waals surface area contributed by atoms with Gasteiger partial charge in [0.25, 0.3) is 0 Å². The summed E-state index contributed by atoms with van der Waals surface area (Å²) in [6.07, 6.45) is 2.47. The highest BCUT2D eigenvalue weighted by molar-refractivity contribution is 7.09. The van der Waals surface area contributed by atoms with Crippen molar-refractivity contribution < 1.29 is 19.4 Å². The van der Waals surface area contributed by atoms with E-state index in [1.165, 1.54) is 0 Å². The van der Waals surface area contributed by atoms with E-state index in [0.717, 1.165) is 10.7 Å². The number of carbonyl (C=O) groups excluding carboxylic acids is 1. The minimum atomic E-state index is -0.743. The van der Waals surface area contributed by atoms with E-state index in [9.17, 15) is 9.59 Å². The van der Waals surface area contributed by atoms with Gasteiger partial charge in [0.15, 0.2) is 0 Å². The van der Waals surface area contributed by atoms with Gasteiger partial charge in [0.05, 0.1) is 18.2 Å². The topological polar surface area (TPSA) is 79.7 Å². The average Bonchev–Trinajstić information content (AvgIpc) is 3.03. The number of nitrogens with zero attached hydrogens (tertiary/aromatic N) is 2. The third-order valence-corrected chi connectivity index (χ3v) is 5.59. The summed E-state index contributed by atoms with van der Waals surface area (Å²) in [5, 5.41) is 11.9. The summed E-state index contributed by atoms with van der Waals surface area (Å²) in [6, 6.07) is 0. The van der Waals surface area contributed by atoms with Crippen LogP contribution in [-0.4, -0.2) is 40.5 Å². The number of aliphatic carboxylic acids is 1. The number of carboxylic acids is 1. The predicted molar refractivity (Wildman–Crippen MR) is 91.7 cm³/mol. The molecule has 0 aromatic carbocycles. The minimum Gasteiger partial charge on any atom is -0.481 e. The molecule has 0 saturated heterocycles. The molecule has 1 N–H and O–H groups in total. The van der Waals surface area contributed by atoms with Crippen LogP contribution in [-0.2, 0) is 20.9 Å². The molecule has 0 radical (unpaired) electrons. The molecule has 0 spiro atoms. The lowest BCUT2D eigenvalue weighted by Crippen LogP contribution is -2.35. The van der Waals surface area contributed by atoms with Gasteiger partial charge in [-0.1, -0.05) is 0 Å². The van der Waals surface area contributed by atoms with E-state index in [0.29, 0.717) is 38.8 Å². The molecular weight excluding hydrogens is 328 g/mol. The van der Waals surface area contributed by atoms with Gasteiger partial charge in [-0.25, -0.2) is 4.98 Å². The maximum absolute atomic E-state index is 12.6. The van der Waals surface area contributed by atoms with Crippen molar-refractivity contribution in [3.05, 3.63) is 16.1 Å². The highest BCUT2D eigenvalue weighted by Gasteiger charge is 2.31. The normalized spacial score (nSPS) is 22.1. The molecule has 1 aromatic rings. The van der Waals surface area contributed by atoms with Gasteiger partial charge in [0.2, 0.25) is 5.91 Å². The van der Waals surface area contributed by atoms with Crippen LogP contribution in [0.15, 0.2) is 5.38 Å². The molecule has 1 amide bonds. The number of rotatable bonds is 7. The molecule has 6 nitrogen and oxygen atoms in total. The van der Waals surface area contributed by atoms with Gasteiger partial charge < -0.3 is 14.7 Å². The Balaban J connectivity index is 1.87. The van der Waals surface area contributed by atoms with Crippen molar-refractivity contribution in [2.24, 2.45) is 11.8 Å². The van der Waals surface area contributed by atoms with Crippen LogP contribution in [0.4, 0.5) is 0 Å². The number of hydrogen-bond acceptors (Lipinski definition) is 5. The van der Waals surface area contributed by atoms with Gasteiger partial charge in [-0.2, -0.15) is 0 Å². The molecule has 1 heterocycles. The third-order valence-electron chi connectivity index (χ3n) is 4.53. The fourth-order valence-electron chi connectivity index (χ4n) is 3.12. The number of ether oxygens (including phenoxy) is 1. The Hall–Kier alpha value is -1.47. The zero-order valence-electron chi connectivity index (χ0n) is 14.5. The third kappa shape index (κ3) is 4.77. The number of thiazole rings is 1. The first-order valence-corrected chi connectivity index (χ1v) is 9.34. The Morgan fingerprint density at radius 1 is 1.38 bits per heavy atom. The van der Waals surface area contributed by atoms with Crippen LogP contribution in [0.2, 0.25) is 0 Å². The number of hydrogen-bond donors (Lipinski definition) is 1. The lowest BCUT2D eigenvalue weighted by atomic mass is 9.81. The van der Waals surface area contributed by atoms with Crippen molar-refractivity contribution >= 4 is 23.2 Å². The number of aromatic nitrogens is 1. The second-order valence-electron chi connectivity index (χ2n) is 6.36. The van der Waals surface area contributed by atoms with Crippen LogP contribution in [0.5, 0.6) is 0 Å². The molecule has 134 valence electrons. The highest BCUT2D eigenvalue weighted by atomic mass is 32.1. The summed E-state index contributed by atoms with van der Waals surface area (Å²) in [4.78, 5) is 29.8. The largest absolute Gasteiger partial charge is 0.481 e. The fraction of sp³-hybridized carbons (Fsp3) is 0.706. The summed E-state index contributed by atoms with van der Waals surface area (Å²) in [7, 11) is 1.79. The molecule has 24 heavy (non-hydrogen) atoms. The van der Waals surface area contributed by atoms with Crippen LogP contribution in [0.3, 0.4) is 0 Å². The Labute approximate surface area is 146 Å². The Kier molecular flexibility index (Phi) is 6.74. The van der Waals surface area contributed by atoms with Gasteiger partial charge >= 0.3 is 5.97 Å². The van der Waals surface area contributed by atoms with Gasteiger partial charge in [0, 0.05) is 25.0 Å². The minimum absolute atomic E-state index is 0.0268. The van der Waals surface area contributed by atoms with Crippen molar-refractivity contribution in [2.45, 2.75) is 52.2 Å². The molecule has 1 unspecified atom stereocenters. The molecule has 1 aromatic heterocycles. The fourth-order valence-corrected chi connectivity index (χ4v) is 3.94. The summed E-state index contributed by atoms with van der Waals surface area (Å²) in [6.45, 7) is 5.05. The molecule has 1 aliphatic carbocycles. The van der Waals surface area contributed by atoms with Crippen molar-refractivity contribution in [3.8, 4) is 0 Å². The van der Waals surface area contributed by atoms with Crippen LogP contribution in [0.1, 0.15) is 56.3 Å². The standard InChI is InChI=1S/C17H26N2O4S/c1-4-23-11(2)15-18-14(10-24-15)9-19(3)16(20)12-5-7-13(8-6-12)17(21)22/h10-13H,4-9H2,1-3H3,(H,21,22). The van der Waals surface area contributed by atoms with Gasteiger partial charge in [-0.3, -0.25) is 9.59 Å². The Morgan fingerprint density at radius 2 is 2.00 bits per heavy atom. The lowest BCUT2D eigenvalue weighted by Gasteiger charge is -2.28. The number of carboxylic acid groups (broad SMARTS) is 1. The molecule has 7 heteroatoms. The Bertz CT molecular complexity index is 567. The molecule has 1 fully saturated rings. The SMILES string of the molecule is CCOC(C)c1nc(CN(C)C(=O)C2CCC(C(=O)O)CC2)cs1. The van der Waals surface area contributed by atoms with E-state index in [-0.39, 0.29) is 23.8 Å². The first-order chi connectivity index (χ1) is 11.4.